The average molecular weight is 404 g/mol. The molecule has 0 spiro atoms. The SMILES string of the molecule is COc1cc(C(=O)CCC2(c3cccc(Cl)c3)CCNC2)cc(OC)c1OC. The van der Waals surface area contributed by atoms with Gasteiger partial charge in [0.25, 0.3) is 0 Å². The largest absolute Gasteiger partial charge is 0.493 e. The van der Waals surface area contributed by atoms with Crippen LogP contribution in [0.4, 0.5) is 0 Å². The maximum Gasteiger partial charge on any atom is 0.203 e. The zero-order valence-corrected chi connectivity index (χ0v) is 17.3. The Morgan fingerprint density at radius 3 is 2.36 bits per heavy atom. The third-order valence-electron chi connectivity index (χ3n) is 5.50. The van der Waals surface area contributed by atoms with E-state index in [1.165, 1.54) is 5.56 Å². The van der Waals surface area contributed by atoms with Crippen molar-refractivity contribution in [2.24, 2.45) is 0 Å². The second-order valence-corrected chi connectivity index (χ2v) is 7.49. The quantitative estimate of drug-likeness (QED) is 0.667. The highest BCUT2D eigenvalue weighted by atomic mass is 35.5. The average Bonchev–Trinajstić information content (AvgIpc) is 3.21. The number of rotatable bonds is 8. The van der Waals surface area contributed by atoms with E-state index in [-0.39, 0.29) is 11.2 Å². The number of methoxy groups -OCH3 is 3. The van der Waals surface area contributed by atoms with Gasteiger partial charge in [-0.1, -0.05) is 23.7 Å². The Hall–Kier alpha value is -2.24. The fraction of sp³-hybridized carbons (Fsp3) is 0.409. The zero-order valence-electron chi connectivity index (χ0n) is 16.5. The molecule has 5 nitrogen and oxygen atoms in total. The van der Waals surface area contributed by atoms with Gasteiger partial charge in [-0.25, -0.2) is 0 Å². The van der Waals surface area contributed by atoms with Crippen molar-refractivity contribution in [3.05, 3.63) is 52.5 Å². The van der Waals surface area contributed by atoms with Crippen molar-refractivity contribution in [2.75, 3.05) is 34.4 Å². The van der Waals surface area contributed by atoms with Crippen molar-refractivity contribution in [2.45, 2.75) is 24.7 Å². The molecule has 3 rings (SSSR count). The van der Waals surface area contributed by atoms with Crippen molar-refractivity contribution in [3.8, 4) is 17.2 Å². The molecule has 1 heterocycles. The highest BCUT2D eigenvalue weighted by Crippen LogP contribution is 2.40. The Labute approximate surface area is 170 Å². The summed E-state index contributed by atoms with van der Waals surface area (Å²) in [5.41, 5.74) is 1.66. The summed E-state index contributed by atoms with van der Waals surface area (Å²) in [4.78, 5) is 13.0. The zero-order chi connectivity index (χ0) is 20.1. The Bertz CT molecular complexity index is 821. The minimum absolute atomic E-state index is 0.0487. The predicted octanol–water partition coefficient (Wildman–Crippen LogP) is 4.26. The fourth-order valence-corrected chi connectivity index (χ4v) is 4.10. The number of ketones is 1. The topological polar surface area (TPSA) is 56.8 Å². The van der Waals surface area contributed by atoms with Crippen LogP contribution in [0.25, 0.3) is 0 Å². The molecule has 2 aromatic carbocycles. The lowest BCUT2D eigenvalue weighted by atomic mass is 9.75. The smallest absolute Gasteiger partial charge is 0.203 e. The normalized spacial score (nSPS) is 18.7. The number of ether oxygens (including phenoxy) is 3. The minimum Gasteiger partial charge on any atom is -0.493 e. The standard InChI is InChI=1S/C22H26ClNO4/c1-26-19-11-15(12-20(27-2)21(19)28-3)18(25)7-8-22(9-10-24-14-22)16-5-4-6-17(23)13-16/h4-6,11-13,24H,7-10,14H2,1-3H3. The lowest BCUT2D eigenvalue weighted by Crippen LogP contribution is -2.29. The Morgan fingerprint density at radius 2 is 1.82 bits per heavy atom. The molecule has 0 aromatic heterocycles. The number of hydrogen-bond acceptors (Lipinski definition) is 5. The van der Waals surface area contributed by atoms with Crippen molar-refractivity contribution in [1.29, 1.82) is 0 Å². The van der Waals surface area contributed by atoms with Crippen LogP contribution in [0.3, 0.4) is 0 Å². The first-order valence-electron chi connectivity index (χ1n) is 9.33. The summed E-state index contributed by atoms with van der Waals surface area (Å²) in [5, 5.41) is 4.16. The lowest BCUT2D eigenvalue weighted by Gasteiger charge is -2.29. The van der Waals surface area contributed by atoms with Gasteiger partial charge in [-0.05, 0) is 49.2 Å². The van der Waals surface area contributed by atoms with Gasteiger partial charge in [0.2, 0.25) is 5.75 Å². The molecule has 1 N–H and O–H groups in total. The van der Waals surface area contributed by atoms with Crippen molar-refractivity contribution < 1.29 is 19.0 Å². The van der Waals surface area contributed by atoms with Gasteiger partial charge < -0.3 is 19.5 Å². The Balaban J connectivity index is 1.82. The number of carbonyl (C=O) groups excluding carboxylic acids is 1. The molecular weight excluding hydrogens is 378 g/mol. The molecule has 6 heteroatoms. The van der Waals surface area contributed by atoms with Crippen LogP contribution in [-0.2, 0) is 5.41 Å². The minimum atomic E-state index is -0.0821. The van der Waals surface area contributed by atoms with Gasteiger partial charge >= 0.3 is 0 Å². The molecule has 1 aliphatic rings. The molecule has 0 bridgehead atoms. The van der Waals surface area contributed by atoms with Crippen LogP contribution >= 0.6 is 11.6 Å². The summed E-state index contributed by atoms with van der Waals surface area (Å²) in [7, 11) is 4.64. The third kappa shape index (κ3) is 4.10. The molecule has 0 amide bonds. The molecule has 150 valence electrons. The molecule has 1 fully saturated rings. The Morgan fingerprint density at radius 1 is 1.11 bits per heavy atom. The van der Waals surface area contributed by atoms with Crippen LogP contribution in [0.15, 0.2) is 36.4 Å². The van der Waals surface area contributed by atoms with Crippen molar-refractivity contribution in [3.63, 3.8) is 0 Å². The van der Waals surface area contributed by atoms with E-state index in [1.807, 2.05) is 18.2 Å². The lowest BCUT2D eigenvalue weighted by molar-refractivity contribution is 0.0970. The first-order valence-corrected chi connectivity index (χ1v) is 9.71. The molecule has 0 saturated carbocycles. The number of Topliss-reactive ketones (excluding diaryl/α,β-unsaturated/α-hetero) is 1. The first-order chi connectivity index (χ1) is 13.5. The van der Waals surface area contributed by atoms with Crippen LogP contribution < -0.4 is 19.5 Å². The van der Waals surface area contributed by atoms with Crippen molar-refractivity contribution >= 4 is 17.4 Å². The summed E-state index contributed by atoms with van der Waals surface area (Å²) >= 11 is 6.21. The monoisotopic (exact) mass is 403 g/mol. The molecule has 1 atom stereocenters. The van der Waals surface area contributed by atoms with Gasteiger partial charge in [0, 0.05) is 29.0 Å². The van der Waals surface area contributed by atoms with E-state index in [9.17, 15) is 4.79 Å². The fourth-order valence-electron chi connectivity index (χ4n) is 3.91. The Kier molecular flexibility index (Phi) is 6.47. The first kappa shape index (κ1) is 20.5. The van der Waals surface area contributed by atoms with Crippen molar-refractivity contribution in [1.82, 2.24) is 5.32 Å². The van der Waals surface area contributed by atoms with E-state index in [1.54, 1.807) is 33.5 Å². The second kappa shape index (κ2) is 8.84. The summed E-state index contributed by atoms with van der Waals surface area (Å²) in [6.07, 6.45) is 2.15. The second-order valence-electron chi connectivity index (χ2n) is 7.05. The number of nitrogens with one attached hydrogen (secondary N) is 1. The summed E-state index contributed by atoms with van der Waals surface area (Å²) in [6, 6.07) is 11.4. The maximum absolute atomic E-state index is 13.0. The van der Waals surface area contributed by atoms with Crippen LogP contribution in [-0.4, -0.2) is 40.2 Å². The number of halogens is 1. The van der Waals surface area contributed by atoms with Crippen LogP contribution in [0.5, 0.6) is 17.2 Å². The van der Waals surface area contributed by atoms with Gasteiger partial charge in [-0.2, -0.15) is 0 Å². The number of benzene rings is 2. The van der Waals surface area contributed by atoms with E-state index >= 15 is 0 Å². The molecule has 2 aromatic rings. The van der Waals surface area contributed by atoms with Crippen LogP contribution in [0.1, 0.15) is 35.2 Å². The molecule has 1 unspecified atom stereocenters. The maximum atomic E-state index is 13.0. The van der Waals surface area contributed by atoms with E-state index in [4.69, 9.17) is 25.8 Å². The predicted molar refractivity (Wildman–Crippen MR) is 110 cm³/mol. The molecule has 0 radical (unpaired) electrons. The molecule has 28 heavy (non-hydrogen) atoms. The van der Waals surface area contributed by atoms with Gasteiger partial charge in [0.1, 0.15) is 0 Å². The summed E-state index contributed by atoms with van der Waals surface area (Å²) < 4.78 is 16.1. The van der Waals surface area contributed by atoms with Gasteiger partial charge in [0.05, 0.1) is 21.3 Å². The highest BCUT2D eigenvalue weighted by Gasteiger charge is 2.36. The van der Waals surface area contributed by atoms with E-state index in [0.29, 0.717) is 29.2 Å². The third-order valence-corrected chi connectivity index (χ3v) is 5.73. The highest BCUT2D eigenvalue weighted by molar-refractivity contribution is 6.30. The number of carbonyl (C=O) groups is 1. The summed E-state index contributed by atoms with van der Waals surface area (Å²) in [5.74, 6) is 1.50. The van der Waals surface area contributed by atoms with E-state index < -0.39 is 0 Å². The molecular formula is C22H26ClNO4. The van der Waals surface area contributed by atoms with Gasteiger partial charge in [0.15, 0.2) is 17.3 Å². The van der Waals surface area contributed by atoms with Crippen LogP contribution in [0, 0.1) is 0 Å². The van der Waals surface area contributed by atoms with E-state index in [0.717, 1.165) is 31.0 Å². The number of hydrogen-bond donors (Lipinski definition) is 1. The van der Waals surface area contributed by atoms with Gasteiger partial charge in [-0.3, -0.25) is 4.79 Å². The molecule has 0 aliphatic carbocycles. The van der Waals surface area contributed by atoms with E-state index in [2.05, 4.69) is 11.4 Å². The molecule has 1 saturated heterocycles. The summed E-state index contributed by atoms with van der Waals surface area (Å²) in [6.45, 7) is 1.78. The van der Waals surface area contributed by atoms with Crippen LogP contribution in [0.2, 0.25) is 5.02 Å². The molecule has 1 aliphatic heterocycles. The van der Waals surface area contributed by atoms with Gasteiger partial charge in [-0.15, -0.1) is 0 Å².